The zero-order valence-electron chi connectivity index (χ0n) is 18.3. The van der Waals surface area contributed by atoms with E-state index in [1.807, 2.05) is 27.3 Å². The molecule has 2 fully saturated rings. The number of carbonyl (C=O) groups excluding carboxylic acids is 3. The van der Waals surface area contributed by atoms with Crippen LogP contribution >= 0.6 is 11.3 Å². The van der Waals surface area contributed by atoms with Crippen molar-refractivity contribution in [1.29, 1.82) is 0 Å². The van der Waals surface area contributed by atoms with Crippen molar-refractivity contribution in [2.24, 2.45) is 5.92 Å². The Balaban J connectivity index is 1.46. The Morgan fingerprint density at radius 2 is 1.78 bits per heavy atom. The third-order valence-corrected chi connectivity index (χ3v) is 7.19. The van der Waals surface area contributed by atoms with Crippen molar-refractivity contribution in [3.8, 4) is 5.75 Å². The molecule has 7 nitrogen and oxygen atoms in total. The van der Waals surface area contributed by atoms with E-state index in [9.17, 15) is 14.4 Å². The molecule has 1 unspecified atom stereocenters. The third kappa shape index (κ3) is 4.96. The number of rotatable bonds is 6. The summed E-state index contributed by atoms with van der Waals surface area (Å²) in [6.07, 6.45) is 3.35. The second-order valence-electron chi connectivity index (χ2n) is 8.32. The van der Waals surface area contributed by atoms with E-state index in [2.05, 4.69) is 5.32 Å². The molecular weight excluding hydrogens is 426 g/mol. The number of thiophene rings is 1. The molecular formula is C24H29N3O4S. The van der Waals surface area contributed by atoms with Gasteiger partial charge in [-0.05, 0) is 61.2 Å². The van der Waals surface area contributed by atoms with E-state index in [1.165, 1.54) is 11.3 Å². The van der Waals surface area contributed by atoms with E-state index in [1.54, 1.807) is 31.4 Å². The van der Waals surface area contributed by atoms with Gasteiger partial charge in [0.05, 0.1) is 12.0 Å². The number of benzene rings is 1. The molecule has 2 aromatic rings. The summed E-state index contributed by atoms with van der Waals surface area (Å²) in [4.78, 5) is 43.5. The van der Waals surface area contributed by atoms with Gasteiger partial charge >= 0.3 is 0 Å². The molecule has 1 atom stereocenters. The van der Waals surface area contributed by atoms with Crippen LogP contribution in [-0.4, -0.2) is 66.9 Å². The summed E-state index contributed by atoms with van der Waals surface area (Å²) in [6, 6.07) is 10.1. The summed E-state index contributed by atoms with van der Waals surface area (Å²) in [5.41, 5.74) is 0.467. The largest absolute Gasteiger partial charge is 0.497 e. The van der Waals surface area contributed by atoms with Crippen molar-refractivity contribution in [3.63, 3.8) is 0 Å². The fourth-order valence-electron chi connectivity index (χ4n) is 4.50. The van der Waals surface area contributed by atoms with Crippen LogP contribution in [0.2, 0.25) is 0 Å². The van der Waals surface area contributed by atoms with E-state index in [0.717, 1.165) is 30.8 Å². The third-order valence-electron chi connectivity index (χ3n) is 6.33. The summed E-state index contributed by atoms with van der Waals surface area (Å²) < 4.78 is 5.23. The molecule has 0 bridgehead atoms. The number of nitrogens with one attached hydrogen (secondary N) is 1. The summed E-state index contributed by atoms with van der Waals surface area (Å²) >= 11 is 1.44. The molecule has 32 heavy (non-hydrogen) atoms. The fraction of sp³-hybridized carbons (Fsp3) is 0.458. The van der Waals surface area contributed by atoms with Gasteiger partial charge in [-0.25, -0.2) is 0 Å². The van der Waals surface area contributed by atoms with Crippen molar-refractivity contribution in [1.82, 2.24) is 15.1 Å². The van der Waals surface area contributed by atoms with E-state index in [0.29, 0.717) is 37.2 Å². The summed E-state index contributed by atoms with van der Waals surface area (Å²) in [5.74, 6) is 0.340. The highest BCUT2D eigenvalue weighted by atomic mass is 32.1. The molecule has 3 heterocycles. The highest BCUT2D eigenvalue weighted by Crippen LogP contribution is 2.26. The maximum Gasteiger partial charge on any atom is 0.263 e. The first-order valence-electron chi connectivity index (χ1n) is 11.1. The lowest BCUT2D eigenvalue weighted by atomic mass is 9.88. The van der Waals surface area contributed by atoms with E-state index >= 15 is 0 Å². The van der Waals surface area contributed by atoms with Gasteiger partial charge in [0.2, 0.25) is 5.91 Å². The van der Waals surface area contributed by atoms with Crippen molar-refractivity contribution < 1.29 is 19.1 Å². The minimum absolute atomic E-state index is 0.00922. The van der Waals surface area contributed by atoms with Gasteiger partial charge in [0, 0.05) is 31.7 Å². The highest BCUT2D eigenvalue weighted by molar-refractivity contribution is 7.12. The summed E-state index contributed by atoms with van der Waals surface area (Å²) in [7, 11) is 1.56. The average molecular weight is 456 g/mol. The Hall–Kier alpha value is -2.87. The highest BCUT2D eigenvalue weighted by Gasteiger charge is 2.37. The van der Waals surface area contributed by atoms with Crippen LogP contribution in [-0.2, 0) is 4.79 Å². The van der Waals surface area contributed by atoms with Crippen LogP contribution in [0.15, 0.2) is 41.8 Å². The summed E-state index contributed by atoms with van der Waals surface area (Å²) in [6.45, 7) is 2.64. The monoisotopic (exact) mass is 455 g/mol. The number of hydrogen-bond donors (Lipinski definition) is 1. The molecule has 0 saturated carbocycles. The zero-order chi connectivity index (χ0) is 22.5. The SMILES string of the molecule is COc1cccc(C(=O)NC(C(=O)N2CCCC2)C2CCN(C(=O)c3cccs3)CC2)c1. The molecule has 1 aromatic carbocycles. The van der Waals surface area contributed by atoms with Crippen molar-refractivity contribution in [3.05, 3.63) is 52.2 Å². The number of ether oxygens (including phenoxy) is 1. The predicted octanol–water partition coefficient (Wildman–Crippen LogP) is 3.03. The van der Waals surface area contributed by atoms with Crippen LogP contribution in [0.1, 0.15) is 45.7 Å². The molecule has 0 radical (unpaired) electrons. The lowest BCUT2D eigenvalue weighted by molar-refractivity contribution is -0.134. The van der Waals surface area contributed by atoms with E-state index in [4.69, 9.17) is 4.74 Å². The Bertz CT molecular complexity index is 948. The molecule has 2 aliphatic rings. The van der Waals surface area contributed by atoms with Gasteiger partial charge in [-0.1, -0.05) is 12.1 Å². The first-order chi connectivity index (χ1) is 15.6. The van der Waals surface area contributed by atoms with E-state index in [-0.39, 0.29) is 23.6 Å². The van der Waals surface area contributed by atoms with Crippen molar-refractivity contribution >= 4 is 29.1 Å². The smallest absolute Gasteiger partial charge is 0.263 e. The first-order valence-corrected chi connectivity index (χ1v) is 12.0. The second-order valence-corrected chi connectivity index (χ2v) is 9.27. The maximum absolute atomic E-state index is 13.3. The lowest BCUT2D eigenvalue weighted by Crippen LogP contribution is -2.54. The van der Waals surface area contributed by atoms with Crippen LogP contribution in [0.3, 0.4) is 0 Å². The van der Waals surface area contributed by atoms with E-state index < -0.39 is 6.04 Å². The van der Waals surface area contributed by atoms with Gasteiger partial charge in [-0.2, -0.15) is 0 Å². The average Bonchev–Trinajstić information content (AvgIpc) is 3.56. The molecule has 8 heteroatoms. The van der Waals surface area contributed by atoms with Gasteiger partial charge in [-0.3, -0.25) is 14.4 Å². The van der Waals surface area contributed by atoms with Gasteiger partial charge in [-0.15, -0.1) is 11.3 Å². The molecule has 2 saturated heterocycles. The van der Waals surface area contributed by atoms with Gasteiger partial charge in [0.25, 0.3) is 11.8 Å². The maximum atomic E-state index is 13.3. The molecule has 0 spiro atoms. The number of nitrogens with zero attached hydrogens (tertiary/aromatic N) is 2. The van der Waals surface area contributed by atoms with Crippen LogP contribution < -0.4 is 10.1 Å². The fourth-order valence-corrected chi connectivity index (χ4v) is 5.19. The Morgan fingerprint density at radius 3 is 2.44 bits per heavy atom. The second kappa shape index (κ2) is 10.2. The molecule has 1 aromatic heterocycles. The van der Waals surface area contributed by atoms with Crippen LogP contribution in [0.25, 0.3) is 0 Å². The molecule has 2 aliphatic heterocycles. The zero-order valence-corrected chi connectivity index (χ0v) is 19.1. The number of amides is 3. The lowest BCUT2D eigenvalue weighted by Gasteiger charge is -2.37. The van der Waals surface area contributed by atoms with Crippen molar-refractivity contribution in [2.45, 2.75) is 31.7 Å². The molecule has 1 N–H and O–H groups in total. The van der Waals surface area contributed by atoms with Gasteiger partial charge in [0.15, 0.2) is 0 Å². The standard InChI is InChI=1S/C24H29N3O4S/c1-31-19-7-4-6-18(16-19)22(28)25-21(24(30)26-11-2-3-12-26)17-9-13-27(14-10-17)23(29)20-8-5-15-32-20/h4-8,15-17,21H,2-3,9-14H2,1H3,(H,25,28). The van der Waals surface area contributed by atoms with Gasteiger partial charge < -0.3 is 19.9 Å². The quantitative estimate of drug-likeness (QED) is 0.726. The number of methoxy groups -OCH3 is 1. The van der Waals surface area contributed by atoms with Gasteiger partial charge in [0.1, 0.15) is 11.8 Å². The first kappa shape index (κ1) is 22.3. The van der Waals surface area contributed by atoms with Crippen LogP contribution in [0, 0.1) is 5.92 Å². The molecule has 4 rings (SSSR count). The minimum Gasteiger partial charge on any atom is -0.497 e. The minimum atomic E-state index is -0.592. The Kier molecular flexibility index (Phi) is 7.09. The normalized spacial score (nSPS) is 17.8. The van der Waals surface area contributed by atoms with Crippen LogP contribution in [0.5, 0.6) is 5.75 Å². The number of carbonyl (C=O) groups is 3. The number of hydrogen-bond acceptors (Lipinski definition) is 5. The number of piperidine rings is 1. The Labute approximate surface area is 192 Å². The Morgan fingerprint density at radius 1 is 1.03 bits per heavy atom. The molecule has 0 aliphatic carbocycles. The topological polar surface area (TPSA) is 79.0 Å². The predicted molar refractivity (Wildman–Crippen MR) is 123 cm³/mol. The summed E-state index contributed by atoms with van der Waals surface area (Å²) in [5, 5.41) is 4.92. The molecule has 170 valence electrons. The van der Waals surface area contributed by atoms with Crippen molar-refractivity contribution in [2.75, 3.05) is 33.3 Å². The molecule has 3 amide bonds. The van der Waals surface area contributed by atoms with Crippen LogP contribution in [0.4, 0.5) is 0 Å². The number of likely N-dealkylation sites (tertiary alicyclic amines) is 2.